The molecule has 0 aromatic carbocycles. The van der Waals surface area contributed by atoms with Gasteiger partial charge in [-0.2, -0.15) is 4.98 Å². The van der Waals surface area contributed by atoms with Gasteiger partial charge in [0, 0.05) is 13.2 Å². The fourth-order valence-electron chi connectivity index (χ4n) is 2.16. The van der Waals surface area contributed by atoms with Crippen molar-refractivity contribution in [1.82, 2.24) is 9.97 Å². The molecular weight excluding hydrogens is 262 g/mol. The van der Waals surface area contributed by atoms with E-state index in [1.807, 2.05) is 13.8 Å². The van der Waals surface area contributed by atoms with Crippen LogP contribution in [0.25, 0.3) is 0 Å². The number of nitrogens with one attached hydrogen (secondary N) is 2. The Kier molecular flexibility index (Phi) is 4.33. The minimum absolute atomic E-state index is 0.126. The molecule has 1 aromatic rings. The zero-order valence-electron chi connectivity index (χ0n) is 11.7. The molecule has 2 heterocycles. The lowest BCUT2D eigenvalue weighted by molar-refractivity contribution is -0.384. The van der Waals surface area contributed by atoms with Gasteiger partial charge in [-0.3, -0.25) is 10.1 Å². The quantitative estimate of drug-likeness (QED) is 0.626. The number of nitrogens with zero attached hydrogens (tertiary/aromatic N) is 3. The Bertz CT molecular complexity index is 488. The van der Waals surface area contributed by atoms with Gasteiger partial charge in [-0.15, -0.1) is 0 Å². The molecule has 1 fully saturated rings. The highest BCUT2D eigenvalue weighted by Crippen LogP contribution is 2.29. The zero-order valence-corrected chi connectivity index (χ0v) is 11.7. The first-order valence-corrected chi connectivity index (χ1v) is 6.65. The molecule has 0 spiro atoms. The Balaban J connectivity index is 2.27. The van der Waals surface area contributed by atoms with E-state index in [1.165, 1.54) is 6.20 Å². The van der Waals surface area contributed by atoms with Gasteiger partial charge in [0.15, 0.2) is 0 Å². The summed E-state index contributed by atoms with van der Waals surface area (Å²) in [5, 5.41) is 17.2. The number of anilines is 2. The summed E-state index contributed by atoms with van der Waals surface area (Å²) in [6.45, 7) is 5.77. The summed E-state index contributed by atoms with van der Waals surface area (Å²) in [7, 11) is 0. The molecule has 1 saturated heterocycles. The highest BCUT2D eigenvalue weighted by atomic mass is 16.6. The molecule has 0 saturated carbocycles. The lowest BCUT2D eigenvalue weighted by Gasteiger charge is -2.34. The van der Waals surface area contributed by atoms with Gasteiger partial charge in [0.05, 0.1) is 17.1 Å². The van der Waals surface area contributed by atoms with E-state index in [0.29, 0.717) is 19.1 Å². The molecule has 1 aliphatic heterocycles. The molecule has 8 heteroatoms. The topological polar surface area (TPSA) is 102 Å². The summed E-state index contributed by atoms with van der Waals surface area (Å²) in [4.78, 5) is 18.7. The minimum Gasteiger partial charge on any atom is -0.379 e. The number of ether oxygens (including phenoxy) is 1. The van der Waals surface area contributed by atoms with E-state index in [-0.39, 0.29) is 17.0 Å². The predicted octanol–water partition coefficient (Wildman–Crippen LogP) is 1.80. The van der Waals surface area contributed by atoms with Crippen molar-refractivity contribution in [1.29, 1.82) is 0 Å². The van der Waals surface area contributed by atoms with E-state index in [0.717, 1.165) is 19.4 Å². The largest absolute Gasteiger partial charge is 0.379 e. The van der Waals surface area contributed by atoms with Crippen LogP contribution >= 0.6 is 0 Å². The molecule has 0 radical (unpaired) electrons. The van der Waals surface area contributed by atoms with Crippen molar-refractivity contribution in [3.8, 4) is 0 Å². The molecule has 1 unspecified atom stereocenters. The maximum absolute atomic E-state index is 11.1. The summed E-state index contributed by atoms with van der Waals surface area (Å²) >= 11 is 0. The first-order valence-electron chi connectivity index (χ1n) is 6.65. The Morgan fingerprint density at radius 1 is 1.60 bits per heavy atom. The Morgan fingerprint density at radius 2 is 2.40 bits per heavy atom. The average molecular weight is 281 g/mol. The van der Waals surface area contributed by atoms with Crippen molar-refractivity contribution < 1.29 is 9.66 Å². The first-order chi connectivity index (χ1) is 9.54. The molecule has 8 nitrogen and oxygen atoms in total. The second kappa shape index (κ2) is 6.00. The van der Waals surface area contributed by atoms with Crippen molar-refractivity contribution in [2.24, 2.45) is 0 Å². The third kappa shape index (κ3) is 3.32. The fraction of sp³-hybridized carbons (Fsp3) is 0.667. The van der Waals surface area contributed by atoms with Gasteiger partial charge in [0.25, 0.3) is 0 Å². The standard InChI is InChI=1S/C12H19N5O3/c1-3-13-11-14-7-9(17(18)19)10(15-11)16-12(2)5-4-6-20-8-12/h7H,3-6,8H2,1-2H3,(H2,13,14,15,16). The van der Waals surface area contributed by atoms with Gasteiger partial charge in [-0.05, 0) is 26.7 Å². The van der Waals surface area contributed by atoms with Crippen molar-refractivity contribution in [2.75, 3.05) is 30.4 Å². The smallest absolute Gasteiger partial charge is 0.329 e. The van der Waals surface area contributed by atoms with E-state index < -0.39 is 4.92 Å². The van der Waals surface area contributed by atoms with E-state index in [2.05, 4.69) is 20.6 Å². The number of nitro groups is 1. The molecule has 1 aliphatic rings. The van der Waals surface area contributed by atoms with Gasteiger partial charge >= 0.3 is 5.69 Å². The number of hydrogen-bond donors (Lipinski definition) is 2. The van der Waals surface area contributed by atoms with E-state index in [4.69, 9.17) is 4.74 Å². The highest BCUT2D eigenvalue weighted by molar-refractivity contribution is 5.58. The monoisotopic (exact) mass is 281 g/mol. The molecule has 0 aliphatic carbocycles. The molecule has 20 heavy (non-hydrogen) atoms. The summed E-state index contributed by atoms with van der Waals surface area (Å²) in [6, 6.07) is 0. The summed E-state index contributed by atoms with van der Waals surface area (Å²) in [5.74, 6) is 0.606. The van der Waals surface area contributed by atoms with Crippen LogP contribution in [-0.2, 0) is 4.74 Å². The predicted molar refractivity (Wildman–Crippen MR) is 74.9 cm³/mol. The third-order valence-electron chi connectivity index (χ3n) is 3.16. The van der Waals surface area contributed by atoms with Crippen molar-refractivity contribution in [2.45, 2.75) is 32.2 Å². The van der Waals surface area contributed by atoms with Gasteiger partial charge in [0.1, 0.15) is 6.20 Å². The number of aromatic nitrogens is 2. The summed E-state index contributed by atoms with van der Waals surface area (Å²) in [5.41, 5.74) is -0.473. The fourth-order valence-corrected chi connectivity index (χ4v) is 2.16. The molecule has 2 N–H and O–H groups in total. The van der Waals surface area contributed by atoms with Crippen molar-refractivity contribution in [3.05, 3.63) is 16.3 Å². The molecule has 0 amide bonds. The third-order valence-corrected chi connectivity index (χ3v) is 3.16. The van der Waals surface area contributed by atoms with Gasteiger partial charge in [-0.25, -0.2) is 4.98 Å². The molecular formula is C12H19N5O3. The maximum Gasteiger partial charge on any atom is 0.329 e. The van der Waals surface area contributed by atoms with Crippen LogP contribution in [0.5, 0.6) is 0 Å². The summed E-state index contributed by atoms with van der Waals surface area (Å²) in [6.07, 6.45) is 3.02. The van der Waals surface area contributed by atoms with Gasteiger partial charge < -0.3 is 15.4 Å². The molecule has 2 rings (SSSR count). The minimum atomic E-state index is -0.481. The van der Waals surface area contributed by atoms with Crippen LogP contribution in [0, 0.1) is 10.1 Å². The maximum atomic E-state index is 11.1. The SMILES string of the molecule is CCNc1ncc([N+](=O)[O-])c(NC2(C)CCCOC2)n1. The van der Waals surface area contributed by atoms with Crippen LogP contribution in [0.4, 0.5) is 17.5 Å². The van der Waals surface area contributed by atoms with Crippen molar-refractivity contribution in [3.63, 3.8) is 0 Å². The first kappa shape index (κ1) is 14.4. The average Bonchev–Trinajstić information content (AvgIpc) is 2.39. The van der Waals surface area contributed by atoms with E-state index in [1.54, 1.807) is 0 Å². The lowest BCUT2D eigenvalue weighted by atomic mass is 9.95. The Labute approximate surface area is 117 Å². The number of rotatable bonds is 5. The van der Waals surface area contributed by atoms with Crippen LogP contribution in [0.15, 0.2) is 6.20 Å². The van der Waals surface area contributed by atoms with Crippen LogP contribution in [0.3, 0.4) is 0 Å². The second-order valence-electron chi connectivity index (χ2n) is 5.06. The lowest BCUT2D eigenvalue weighted by Crippen LogP contribution is -2.43. The molecule has 1 atom stereocenters. The Hall–Kier alpha value is -1.96. The van der Waals surface area contributed by atoms with Crippen LogP contribution < -0.4 is 10.6 Å². The van der Waals surface area contributed by atoms with Crippen molar-refractivity contribution >= 4 is 17.5 Å². The highest BCUT2D eigenvalue weighted by Gasteiger charge is 2.31. The molecule has 0 bridgehead atoms. The normalized spacial score (nSPS) is 22.3. The van der Waals surface area contributed by atoms with Gasteiger partial charge in [-0.1, -0.05) is 0 Å². The molecule has 110 valence electrons. The van der Waals surface area contributed by atoms with Gasteiger partial charge in [0.2, 0.25) is 11.8 Å². The second-order valence-corrected chi connectivity index (χ2v) is 5.06. The van der Waals surface area contributed by atoms with Crippen LogP contribution in [0.1, 0.15) is 26.7 Å². The zero-order chi connectivity index (χ0) is 14.6. The van der Waals surface area contributed by atoms with Crippen LogP contribution in [-0.4, -0.2) is 40.2 Å². The molecule has 1 aromatic heterocycles. The van der Waals surface area contributed by atoms with Crippen LogP contribution in [0.2, 0.25) is 0 Å². The van der Waals surface area contributed by atoms with E-state index in [9.17, 15) is 10.1 Å². The Morgan fingerprint density at radius 3 is 3.00 bits per heavy atom. The summed E-state index contributed by atoms with van der Waals surface area (Å²) < 4.78 is 5.44. The van der Waals surface area contributed by atoms with E-state index >= 15 is 0 Å². The number of hydrogen-bond acceptors (Lipinski definition) is 7.